The summed E-state index contributed by atoms with van der Waals surface area (Å²) in [5, 5.41) is 12.8. The van der Waals surface area contributed by atoms with Gasteiger partial charge in [-0.25, -0.2) is 0 Å². The van der Waals surface area contributed by atoms with Crippen molar-refractivity contribution in [3.63, 3.8) is 0 Å². The van der Waals surface area contributed by atoms with E-state index in [1.807, 2.05) is 31.2 Å². The summed E-state index contributed by atoms with van der Waals surface area (Å²) < 4.78 is 0. The van der Waals surface area contributed by atoms with Gasteiger partial charge in [-0.1, -0.05) is 31.0 Å². The number of carbonyl (C=O) groups excluding carboxylic acids is 1. The Morgan fingerprint density at radius 3 is 2.78 bits per heavy atom. The van der Waals surface area contributed by atoms with Gasteiger partial charge < -0.3 is 10.4 Å². The number of amides is 1. The molecule has 3 nitrogen and oxygen atoms in total. The van der Waals surface area contributed by atoms with E-state index in [1.165, 1.54) is 0 Å². The highest BCUT2D eigenvalue weighted by atomic mass is 16.3. The van der Waals surface area contributed by atoms with Crippen LogP contribution < -0.4 is 5.32 Å². The van der Waals surface area contributed by atoms with Crippen LogP contribution in [0.5, 0.6) is 0 Å². The summed E-state index contributed by atoms with van der Waals surface area (Å²) in [7, 11) is 0. The van der Waals surface area contributed by atoms with Crippen molar-refractivity contribution in [2.45, 2.75) is 38.7 Å². The van der Waals surface area contributed by atoms with Crippen molar-refractivity contribution in [1.29, 1.82) is 0 Å². The second kappa shape index (κ2) is 6.01. The first-order valence-electron chi connectivity index (χ1n) is 6.70. The van der Waals surface area contributed by atoms with Gasteiger partial charge in [0.05, 0.1) is 6.10 Å². The molecule has 0 unspecified atom stereocenters. The first-order valence-corrected chi connectivity index (χ1v) is 6.70. The Hall–Kier alpha value is -1.35. The number of aryl methyl sites for hydroxylation is 1. The Bertz CT molecular complexity index is 417. The molecule has 1 fully saturated rings. The highest BCUT2D eigenvalue weighted by molar-refractivity contribution is 5.95. The summed E-state index contributed by atoms with van der Waals surface area (Å²) in [4.78, 5) is 12.0. The van der Waals surface area contributed by atoms with Crippen LogP contribution in [0, 0.1) is 12.8 Å². The van der Waals surface area contributed by atoms with Gasteiger partial charge in [0, 0.05) is 18.0 Å². The first kappa shape index (κ1) is 13.1. The summed E-state index contributed by atoms with van der Waals surface area (Å²) in [6, 6.07) is 7.57. The van der Waals surface area contributed by atoms with Crippen LogP contribution >= 0.6 is 0 Å². The molecule has 0 aliphatic heterocycles. The van der Waals surface area contributed by atoms with Gasteiger partial charge in [0.15, 0.2) is 0 Å². The van der Waals surface area contributed by atoms with Gasteiger partial charge >= 0.3 is 0 Å². The molecule has 0 bridgehead atoms. The van der Waals surface area contributed by atoms with E-state index >= 15 is 0 Å². The number of benzene rings is 1. The van der Waals surface area contributed by atoms with Gasteiger partial charge in [0.25, 0.3) is 5.91 Å². The zero-order valence-corrected chi connectivity index (χ0v) is 10.9. The minimum Gasteiger partial charge on any atom is -0.393 e. The quantitative estimate of drug-likeness (QED) is 0.861. The van der Waals surface area contributed by atoms with Gasteiger partial charge in [-0.05, 0) is 31.4 Å². The van der Waals surface area contributed by atoms with E-state index in [9.17, 15) is 9.90 Å². The minimum atomic E-state index is -0.254. The molecule has 0 spiro atoms. The molecule has 0 saturated heterocycles. The molecule has 1 aromatic rings. The van der Waals surface area contributed by atoms with Gasteiger partial charge in [-0.15, -0.1) is 0 Å². The highest BCUT2D eigenvalue weighted by Gasteiger charge is 2.23. The van der Waals surface area contributed by atoms with Crippen LogP contribution in [0.4, 0.5) is 0 Å². The van der Waals surface area contributed by atoms with Gasteiger partial charge in [0.1, 0.15) is 0 Å². The molecule has 2 atom stereocenters. The summed E-state index contributed by atoms with van der Waals surface area (Å²) in [6.07, 6.45) is 3.88. The highest BCUT2D eigenvalue weighted by Crippen LogP contribution is 2.23. The lowest BCUT2D eigenvalue weighted by Crippen LogP contribution is -2.36. The normalized spacial score (nSPS) is 23.7. The van der Waals surface area contributed by atoms with Crippen LogP contribution in [0.2, 0.25) is 0 Å². The van der Waals surface area contributed by atoms with Crippen molar-refractivity contribution in [1.82, 2.24) is 5.32 Å². The zero-order chi connectivity index (χ0) is 13.0. The molecule has 1 aromatic carbocycles. The molecule has 0 aromatic heterocycles. The van der Waals surface area contributed by atoms with Crippen molar-refractivity contribution < 1.29 is 9.90 Å². The molecule has 2 rings (SSSR count). The van der Waals surface area contributed by atoms with Crippen molar-refractivity contribution in [3.05, 3.63) is 35.4 Å². The molecule has 1 aliphatic carbocycles. The van der Waals surface area contributed by atoms with Crippen LogP contribution in [-0.2, 0) is 0 Å². The van der Waals surface area contributed by atoms with Crippen LogP contribution in [0.15, 0.2) is 24.3 Å². The average Bonchev–Trinajstić information content (AvgIpc) is 2.38. The second-order valence-corrected chi connectivity index (χ2v) is 5.14. The lowest BCUT2D eigenvalue weighted by molar-refractivity contribution is 0.0663. The Morgan fingerprint density at radius 1 is 1.33 bits per heavy atom. The summed E-state index contributed by atoms with van der Waals surface area (Å²) in [5.41, 5.74) is 1.71. The SMILES string of the molecule is Cc1ccccc1C(=O)NC[C@H]1CCCC[C@H]1O. The second-order valence-electron chi connectivity index (χ2n) is 5.14. The third kappa shape index (κ3) is 3.10. The van der Waals surface area contributed by atoms with Gasteiger partial charge in [-0.2, -0.15) is 0 Å². The molecular weight excluding hydrogens is 226 g/mol. The maximum absolute atomic E-state index is 12.0. The van der Waals surface area contributed by atoms with Gasteiger partial charge in [-0.3, -0.25) is 4.79 Å². The Kier molecular flexibility index (Phi) is 4.37. The van der Waals surface area contributed by atoms with Crippen LogP contribution in [0.25, 0.3) is 0 Å². The van der Waals surface area contributed by atoms with E-state index in [0.29, 0.717) is 6.54 Å². The van der Waals surface area contributed by atoms with E-state index in [4.69, 9.17) is 0 Å². The summed E-state index contributed by atoms with van der Waals surface area (Å²) in [6.45, 7) is 2.51. The van der Waals surface area contributed by atoms with E-state index in [-0.39, 0.29) is 17.9 Å². The summed E-state index contributed by atoms with van der Waals surface area (Å²) >= 11 is 0. The molecule has 1 amide bonds. The smallest absolute Gasteiger partial charge is 0.251 e. The largest absolute Gasteiger partial charge is 0.393 e. The van der Waals surface area contributed by atoms with Gasteiger partial charge in [0.2, 0.25) is 0 Å². The van der Waals surface area contributed by atoms with Crippen molar-refractivity contribution in [3.8, 4) is 0 Å². The van der Waals surface area contributed by atoms with E-state index in [1.54, 1.807) is 0 Å². The van der Waals surface area contributed by atoms with Crippen LogP contribution in [0.1, 0.15) is 41.6 Å². The topological polar surface area (TPSA) is 49.3 Å². The molecule has 0 radical (unpaired) electrons. The maximum Gasteiger partial charge on any atom is 0.251 e. The fourth-order valence-electron chi connectivity index (χ4n) is 2.57. The molecule has 98 valence electrons. The molecule has 0 heterocycles. The maximum atomic E-state index is 12.0. The molecule has 2 N–H and O–H groups in total. The lowest BCUT2D eigenvalue weighted by Gasteiger charge is -2.27. The number of hydrogen-bond donors (Lipinski definition) is 2. The monoisotopic (exact) mass is 247 g/mol. The first-order chi connectivity index (χ1) is 8.68. The van der Waals surface area contributed by atoms with E-state index in [0.717, 1.165) is 36.8 Å². The lowest BCUT2D eigenvalue weighted by atomic mass is 9.86. The standard InChI is InChI=1S/C15H21NO2/c1-11-6-2-4-8-13(11)15(18)16-10-12-7-3-5-9-14(12)17/h2,4,6,8,12,14,17H,3,5,7,9-10H2,1H3,(H,16,18)/t12-,14-/m1/s1. The number of nitrogens with one attached hydrogen (secondary N) is 1. The predicted molar refractivity (Wildman–Crippen MR) is 71.5 cm³/mol. The third-order valence-corrected chi connectivity index (χ3v) is 3.78. The van der Waals surface area contributed by atoms with Crippen LogP contribution in [0.3, 0.4) is 0 Å². The van der Waals surface area contributed by atoms with Crippen molar-refractivity contribution in [2.75, 3.05) is 6.54 Å². The number of aliphatic hydroxyl groups is 1. The molecule has 1 aliphatic rings. The Morgan fingerprint density at radius 2 is 2.06 bits per heavy atom. The Labute approximate surface area is 108 Å². The number of rotatable bonds is 3. The molecule has 18 heavy (non-hydrogen) atoms. The minimum absolute atomic E-state index is 0.0362. The fraction of sp³-hybridized carbons (Fsp3) is 0.533. The number of hydrogen-bond acceptors (Lipinski definition) is 2. The predicted octanol–water partition coefficient (Wildman–Crippen LogP) is 2.28. The summed E-state index contributed by atoms with van der Waals surface area (Å²) in [5.74, 6) is 0.178. The number of aliphatic hydroxyl groups excluding tert-OH is 1. The van der Waals surface area contributed by atoms with Crippen molar-refractivity contribution in [2.24, 2.45) is 5.92 Å². The average molecular weight is 247 g/mol. The third-order valence-electron chi connectivity index (χ3n) is 3.78. The Balaban J connectivity index is 1.90. The fourth-order valence-corrected chi connectivity index (χ4v) is 2.57. The molecular formula is C15H21NO2. The number of carbonyl (C=O) groups is 1. The molecule has 1 saturated carbocycles. The molecule has 3 heteroatoms. The van der Waals surface area contributed by atoms with Crippen LogP contribution in [-0.4, -0.2) is 23.7 Å². The van der Waals surface area contributed by atoms with E-state index in [2.05, 4.69) is 5.32 Å². The van der Waals surface area contributed by atoms with Crippen molar-refractivity contribution >= 4 is 5.91 Å². The zero-order valence-electron chi connectivity index (χ0n) is 10.9. The van der Waals surface area contributed by atoms with E-state index < -0.39 is 0 Å².